The van der Waals surface area contributed by atoms with E-state index in [0.717, 1.165) is 0 Å². The lowest BCUT2D eigenvalue weighted by atomic mass is 10.4. The minimum absolute atomic E-state index is 0.00194. The van der Waals surface area contributed by atoms with Gasteiger partial charge in [0.1, 0.15) is 6.61 Å². The molecule has 4 nitrogen and oxygen atoms in total. The zero-order valence-corrected chi connectivity index (χ0v) is 8.66. The van der Waals surface area contributed by atoms with E-state index in [0.29, 0.717) is 5.69 Å². The SMILES string of the molecule is CC(C)OCC(=O)Nc1ccc(F)nc1. The number of nitrogens with zero attached hydrogens (tertiary/aromatic N) is 1. The zero-order valence-electron chi connectivity index (χ0n) is 8.66. The fourth-order valence-corrected chi connectivity index (χ4v) is 0.889. The Morgan fingerprint density at radius 2 is 2.33 bits per heavy atom. The van der Waals surface area contributed by atoms with Gasteiger partial charge in [0.15, 0.2) is 0 Å². The predicted octanol–water partition coefficient (Wildman–Crippen LogP) is 1.58. The van der Waals surface area contributed by atoms with Gasteiger partial charge in [-0.3, -0.25) is 4.79 Å². The molecule has 82 valence electrons. The molecule has 1 amide bonds. The average Bonchev–Trinajstić information content (AvgIpc) is 2.19. The number of rotatable bonds is 4. The second-order valence-corrected chi connectivity index (χ2v) is 3.28. The van der Waals surface area contributed by atoms with E-state index in [1.807, 2.05) is 13.8 Å². The normalized spacial score (nSPS) is 10.4. The van der Waals surface area contributed by atoms with Crippen molar-refractivity contribution >= 4 is 11.6 Å². The van der Waals surface area contributed by atoms with Crippen LogP contribution in [0.1, 0.15) is 13.8 Å². The summed E-state index contributed by atoms with van der Waals surface area (Å²) in [6.45, 7) is 3.66. The molecule has 0 fully saturated rings. The van der Waals surface area contributed by atoms with Crippen molar-refractivity contribution in [3.8, 4) is 0 Å². The van der Waals surface area contributed by atoms with Crippen molar-refractivity contribution in [3.05, 3.63) is 24.3 Å². The van der Waals surface area contributed by atoms with E-state index < -0.39 is 5.95 Å². The quantitative estimate of drug-likeness (QED) is 0.771. The monoisotopic (exact) mass is 212 g/mol. The maximum atomic E-state index is 12.4. The first-order valence-electron chi connectivity index (χ1n) is 4.61. The first-order chi connectivity index (χ1) is 7.08. The van der Waals surface area contributed by atoms with Gasteiger partial charge in [0.25, 0.3) is 0 Å². The van der Waals surface area contributed by atoms with E-state index in [4.69, 9.17) is 4.74 Å². The van der Waals surface area contributed by atoms with Gasteiger partial charge in [-0.05, 0) is 26.0 Å². The zero-order chi connectivity index (χ0) is 11.3. The van der Waals surface area contributed by atoms with Gasteiger partial charge in [-0.2, -0.15) is 4.39 Å². The molecule has 0 aliphatic heterocycles. The molecule has 1 aromatic rings. The Hall–Kier alpha value is -1.49. The standard InChI is InChI=1S/C10H13FN2O2/c1-7(2)15-6-10(14)13-8-3-4-9(11)12-5-8/h3-5,7H,6H2,1-2H3,(H,13,14). The Balaban J connectivity index is 2.41. The number of carbonyl (C=O) groups is 1. The Bertz CT molecular complexity index is 325. The van der Waals surface area contributed by atoms with Crippen molar-refractivity contribution in [1.29, 1.82) is 0 Å². The van der Waals surface area contributed by atoms with E-state index in [9.17, 15) is 9.18 Å². The van der Waals surface area contributed by atoms with Crippen LogP contribution in [0, 0.1) is 5.95 Å². The number of aromatic nitrogens is 1. The van der Waals surface area contributed by atoms with Crippen molar-refractivity contribution < 1.29 is 13.9 Å². The van der Waals surface area contributed by atoms with Crippen LogP contribution in [0.25, 0.3) is 0 Å². The molecule has 15 heavy (non-hydrogen) atoms. The number of amides is 1. The number of ether oxygens (including phenoxy) is 1. The van der Waals surface area contributed by atoms with Gasteiger partial charge in [-0.15, -0.1) is 0 Å². The van der Waals surface area contributed by atoms with Crippen molar-refractivity contribution in [2.75, 3.05) is 11.9 Å². The van der Waals surface area contributed by atoms with E-state index in [1.165, 1.54) is 18.3 Å². The predicted molar refractivity (Wildman–Crippen MR) is 53.9 cm³/mol. The molecule has 0 radical (unpaired) electrons. The first-order valence-corrected chi connectivity index (χ1v) is 4.61. The van der Waals surface area contributed by atoms with Gasteiger partial charge in [0.2, 0.25) is 11.9 Å². The highest BCUT2D eigenvalue weighted by atomic mass is 19.1. The number of nitrogens with one attached hydrogen (secondary N) is 1. The van der Waals surface area contributed by atoms with Crippen LogP contribution in [0.5, 0.6) is 0 Å². The summed E-state index contributed by atoms with van der Waals surface area (Å²) in [7, 11) is 0. The van der Waals surface area contributed by atoms with E-state index >= 15 is 0 Å². The second-order valence-electron chi connectivity index (χ2n) is 3.28. The average molecular weight is 212 g/mol. The first kappa shape index (κ1) is 11.6. The van der Waals surface area contributed by atoms with Crippen LogP contribution in [0.4, 0.5) is 10.1 Å². The van der Waals surface area contributed by atoms with Crippen LogP contribution in [0.2, 0.25) is 0 Å². The lowest BCUT2D eigenvalue weighted by molar-refractivity contribution is -0.121. The Morgan fingerprint density at radius 3 is 2.87 bits per heavy atom. The molecule has 1 rings (SSSR count). The van der Waals surface area contributed by atoms with E-state index in [-0.39, 0.29) is 18.6 Å². The van der Waals surface area contributed by atoms with Gasteiger partial charge in [0, 0.05) is 0 Å². The molecular weight excluding hydrogens is 199 g/mol. The molecular formula is C10H13FN2O2. The van der Waals surface area contributed by atoms with Crippen molar-refractivity contribution in [3.63, 3.8) is 0 Å². The fourth-order valence-electron chi connectivity index (χ4n) is 0.889. The van der Waals surface area contributed by atoms with E-state index in [2.05, 4.69) is 10.3 Å². The lowest BCUT2D eigenvalue weighted by Crippen LogP contribution is -2.20. The fraction of sp³-hybridized carbons (Fsp3) is 0.400. The molecule has 0 unspecified atom stereocenters. The molecule has 1 heterocycles. The lowest BCUT2D eigenvalue weighted by Gasteiger charge is -2.07. The van der Waals surface area contributed by atoms with Crippen LogP contribution < -0.4 is 5.32 Å². The molecule has 0 aliphatic carbocycles. The highest BCUT2D eigenvalue weighted by Gasteiger charge is 2.04. The molecule has 0 saturated heterocycles. The van der Waals surface area contributed by atoms with Gasteiger partial charge < -0.3 is 10.1 Å². The molecule has 0 saturated carbocycles. The summed E-state index contributed by atoms with van der Waals surface area (Å²) in [5, 5.41) is 2.53. The topological polar surface area (TPSA) is 51.2 Å². The Labute approximate surface area is 87.5 Å². The number of anilines is 1. The molecule has 0 bridgehead atoms. The third kappa shape index (κ3) is 4.51. The molecule has 1 aromatic heterocycles. The van der Waals surface area contributed by atoms with Crippen LogP contribution in [-0.2, 0) is 9.53 Å². The molecule has 0 atom stereocenters. The highest BCUT2D eigenvalue weighted by Crippen LogP contribution is 2.04. The summed E-state index contributed by atoms with van der Waals surface area (Å²) in [6.07, 6.45) is 1.25. The van der Waals surface area contributed by atoms with Gasteiger partial charge in [0.05, 0.1) is 18.0 Å². The molecule has 1 N–H and O–H groups in total. The summed E-state index contributed by atoms with van der Waals surface area (Å²) >= 11 is 0. The number of pyridine rings is 1. The van der Waals surface area contributed by atoms with Gasteiger partial charge in [-0.1, -0.05) is 0 Å². The summed E-state index contributed by atoms with van der Waals surface area (Å²) < 4.78 is 17.5. The number of halogens is 1. The molecule has 5 heteroatoms. The summed E-state index contributed by atoms with van der Waals surface area (Å²) in [4.78, 5) is 14.6. The highest BCUT2D eigenvalue weighted by molar-refractivity contribution is 5.91. The van der Waals surface area contributed by atoms with E-state index in [1.54, 1.807) is 0 Å². The summed E-state index contributed by atoms with van der Waals surface area (Å²) in [5.41, 5.74) is 0.453. The number of carbonyl (C=O) groups excluding carboxylic acids is 1. The molecule has 0 spiro atoms. The Kier molecular flexibility index (Phi) is 4.17. The van der Waals surface area contributed by atoms with Gasteiger partial charge in [-0.25, -0.2) is 4.98 Å². The largest absolute Gasteiger partial charge is 0.369 e. The van der Waals surface area contributed by atoms with Crippen LogP contribution in [0.15, 0.2) is 18.3 Å². The van der Waals surface area contributed by atoms with Gasteiger partial charge >= 0.3 is 0 Å². The smallest absolute Gasteiger partial charge is 0.250 e. The van der Waals surface area contributed by atoms with Crippen molar-refractivity contribution in [2.24, 2.45) is 0 Å². The second kappa shape index (κ2) is 5.41. The number of hydrogen-bond donors (Lipinski definition) is 1. The van der Waals surface area contributed by atoms with Crippen LogP contribution >= 0.6 is 0 Å². The maximum Gasteiger partial charge on any atom is 0.250 e. The third-order valence-corrected chi connectivity index (χ3v) is 1.56. The third-order valence-electron chi connectivity index (χ3n) is 1.56. The maximum absolute atomic E-state index is 12.4. The van der Waals surface area contributed by atoms with Crippen LogP contribution in [-0.4, -0.2) is 23.6 Å². The Morgan fingerprint density at radius 1 is 1.60 bits per heavy atom. The number of hydrogen-bond acceptors (Lipinski definition) is 3. The molecule has 0 aliphatic rings. The molecule has 0 aromatic carbocycles. The summed E-state index contributed by atoms with van der Waals surface area (Å²) in [5.74, 6) is -0.858. The minimum Gasteiger partial charge on any atom is -0.369 e. The van der Waals surface area contributed by atoms with Crippen molar-refractivity contribution in [1.82, 2.24) is 4.98 Å². The minimum atomic E-state index is -0.577. The summed E-state index contributed by atoms with van der Waals surface area (Å²) in [6, 6.07) is 2.62. The van der Waals surface area contributed by atoms with Crippen molar-refractivity contribution in [2.45, 2.75) is 20.0 Å². The van der Waals surface area contributed by atoms with Crippen LogP contribution in [0.3, 0.4) is 0 Å².